The molecule has 3 N–H and O–H groups in total. The largest absolute Gasteiger partial charge is 0.472 e. The number of phosphoric acid groups is 1. The lowest BCUT2D eigenvalue weighted by Gasteiger charge is -2.19. The fourth-order valence-electron chi connectivity index (χ4n) is 5.11. The number of carbonyl (C=O) groups is 2. The average molecular weight is 840 g/mol. The highest BCUT2D eigenvalue weighted by atomic mass is 31.2. The van der Waals surface area contributed by atoms with Gasteiger partial charge in [-0.1, -0.05) is 155 Å². The van der Waals surface area contributed by atoms with Crippen LogP contribution in [0.1, 0.15) is 142 Å². The van der Waals surface area contributed by atoms with Crippen molar-refractivity contribution < 1.29 is 37.6 Å². The van der Waals surface area contributed by atoms with Gasteiger partial charge in [0.05, 0.1) is 13.2 Å². The van der Waals surface area contributed by atoms with E-state index in [1.165, 1.54) is 25.7 Å². The van der Waals surface area contributed by atoms with E-state index in [1.54, 1.807) is 0 Å². The van der Waals surface area contributed by atoms with Crippen molar-refractivity contribution in [2.45, 2.75) is 148 Å². The van der Waals surface area contributed by atoms with Gasteiger partial charge < -0.3 is 20.1 Å². The smallest absolute Gasteiger partial charge is 0.462 e. The van der Waals surface area contributed by atoms with Gasteiger partial charge in [0.2, 0.25) is 0 Å². The monoisotopic (exact) mass is 840 g/mol. The number of hydrogen-bond donors (Lipinski definition) is 2. The molecule has 9 nitrogen and oxygen atoms in total. The van der Waals surface area contributed by atoms with Crippen molar-refractivity contribution in [2.75, 3.05) is 26.4 Å². The lowest BCUT2D eigenvalue weighted by Crippen LogP contribution is -2.29. The first-order valence-corrected chi connectivity index (χ1v) is 23.5. The molecule has 0 bridgehead atoms. The van der Waals surface area contributed by atoms with E-state index in [0.717, 1.165) is 77.0 Å². The van der Waals surface area contributed by atoms with Gasteiger partial charge in [0.15, 0.2) is 6.10 Å². The highest BCUT2D eigenvalue weighted by Gasteiger charge is 2.25. The van der Waals surface area contributed by atoms with Crippen LogP contribution in [-0.2, 0) is 32.7 Å². The molecule has 0 fully saturated rings. The number of unbranched alkanes of at least 4 members (excludes halogenated alkanes) is 6. The average Bonchev–Trinajstić information content (AvgIpc) is 3.22. The Labute approximate surface area is 358 Å². The van der Waals surface area contributed by atoms with Crippen LogP contribution in [0.5, 0.6) is 0 Å². The van der Waals surface area contributed by atoms with Gasteiger partial charge in [0.1, 0.15) is 6.61 Å². The van der Waals surface area contributed by atoms with Crippen LogP contribution in [-0.4, -0.2) is 49.3 Å². The molecular weight excluding hydrogens is 762 g/mol. The number of ether oxygens (including phenoxy) is 2. The van der Waals surface area contributed by atoms with Crippen LogP contribution in [0.3, 0.4) is 0 Å². The Balaban J connectivity index is 4.37. The summed E-state index contributed by atoms with van der Waals surface area (Å²) in [5.41, 5.74) is 5.34. The zero-order valence-corrected chi connectivity index (χ0v) is 37.3. The second kappa shape index (κ2) is 44.0. The van der Waals surface area contributed by atoms with Crippen molar-refractivity contribution >= 4 is 19.8 Å². The minimum Gasteiger partial charge on any atom is -0.462 e. The molecule has 0 radical (unpaired) electrons. The molecule has 0 saturated carbocycles. The molecule has 59 heavy (non-hydrogen) atoms. The second-order valence-electron chi connectivity index (χ2n) is 13.8. The third kappa shape index (κ3) is 43.8. The summed E-state index contributed by atoms with van der Waals surface area (Å²) in [6.45, 7) is 3.43. The van der Waals surface area contributed by atoms with Crippen LogP contribution in [0, 0.1) is 0 Å². The highest BCUT2D eigenvalue weighted by Crippen LogP contribution is 2.43. The van der Waals surface area contributed by atoms with E-state index in [2.05, 4.69) is 123 Å². The first kappa shape index (κ1) is 55.4. The molecule has 2 atom stereocenters. The Morgan fingerprint density at radius 1 is 0.525 bits per heavy atom. The number of allylic oxidation sites excluding steroid dienone is 20. The van der Waals surface area contributed by atoms with Gasteiger partial charge in [-0.3, -0.25) is 18.6 Å². The van der Waals surface area contributed by atoms with Crippen molar-refractivity contribution in [3.8, 4) is 0 Å². The van der Waals surface area contributed by atoms with Crippen molar-refractivity contribution in [3.63, 3.8) is 0 Å². The molecule has 0 aromatic heterocycles. The summed E-state index contributed by atoms with van der Waals surface area (Å²) in [7, 11) is -4.41. The molecule has 0 aliphatic carbocycles. The second-order valence-corrected chi connectivity index (χ2v) is 15.3. The lowest BCUT2D eigenvalue weighted by atomic mass is 10.1. The minimum absolute atomic E-state index is 0.0309. The summed E-state index contributed by atoms with van der Waals surface area (Å²) in [5, 5.41) is 0. The van der Waals surface area contributed by atoms with Crippen LogP contribution >= 0.6 is 7.82 Å². The lowest BCUT2D eigenvalue weighted by molar-refractivity contribution is -0.161. The zero-order chi connectivity index (χ0) is 43.2. The third-order valence-corrected chi connectivity index (χ3v) is 9.33. The number of rotatable bonds is 39. The molecule has 332 valence electrons. The van der Waals surface area contributed by atoms with E-state index >= 15 is 0 Å². The minimum atomic E-state index is -4.41. The molecule has 0 spiro atoms. The zero-order valence-electron chi connectivity index (χ0n) is 36.4. The predicted molar refractivity (Wildman–Crippen MR) is 247 cm³/mol. The van der Waals surface area contributed by atoms with Gasteiger partial charge in [-0.25, -0.2) is 4.57 Å². The van der Waals surface area contributed by atoms with Crippen LogP contribution in [0.4, 0.5) is 0 Å². The van der Waals surface area contributed by atoms with E-state index < -0.39 is 32.5 Å². The summed E-state index contributed by atoms with van der Waals surface area (Å²) in [6.07, 6.45) is 59.6. The van der Waals surface area contributed by atoms with E-state index in [9.17, 15) is 19.0 Å². The van der Waals surface area contributed by atoms with E-state index in [-0.39, 0.29) is 32.6 Å². The molecule has 1 unspecified atom stereocenters. The maximum Gasteiger partial charge on any atom is 0.472 e. The van der Waals surface area contributed by atoms with Gasteiger partial charge in [-0.05, 0) is 96.3 Å². The molecule has 0 aromatic carbocycles. The van der Waals surface area contributed by atoms with E-state index in [4.69, 9.17) is 24.3 Å². The van der Waals surface area contributed by atoms with Crippen molar-refractivity contribution in [2.24, 2.45) is 5.73 Å². The Morgan fingerprint density at radius 3 is 1.42 bits per heavy atom. The van der Waals surface area contributed by atoms with Crippen molar-refractivity contribution in [1.29, 1.82) is 0 Å². The van der Waals surface area contributed by atoms with Gasteiger partial charge in [0.25, 0.3) is 0 Å². The Kier molecular flexibility index (Phi) is 41.3. The van der Waals surface area contributed by atoms with Crippen LogP contribution in [0.25, 0.3) is 0 Å². The normalized spacial score (nSPS) is 14.4. The summed E-state index contributed by atoms with van der Waals surface area (Å²) in [4.78, 5) is 34.9. The van der Waals surface area contributed by atoms with Gasteiger partial charge >= 0.3 is 19.8 Å². The number of esters is 2. The fourth-order valence-corrected chi connectivity index (χ4v) is 5.88. The Bertz CT molecular complexity index is 1370. The maximum atomic E-state index is 12.6. The predicted octanol–water partition coefficient (Wildman–Crippen LogP) is 12.9. The molecule has 0 saturated heterocycles. The summed E-state index contributed by atoms with van der Waals surface area (Å²) in [5.74, 6) is -0.977. The molecule has 0 rings (SSSR count). The quantitative estimate of drug-likeness (QED) is 0.0268. The molecule has 0 aromatic rings. The maximum absolute atomic E-state index is 12.6. The van der Waals surface area contributed by atoms with Crippen LogP contribution in [0.2, 0.25) is 0 Å². The summed E-state index contributed by atoms with van der Waals surface area (Å²) >= 11 is 0. The molecular formula is C49H78NO8P. The van der Waals surface area contributed by atoms with Crippen molar-refractivity contribution in [3.05, 3.63) is 122 Å². The number of carbonyl (C=O) groups excluding carboxylic acids is 2. The summed E-state index contributed by atoms with van der Waals surface area (Å²) in [6, 6.07) is 0. The van der Waals surface area contributed by atoms with E-state index in [0.29, 0.717) is 12.8 Å². The summed E-state index contributed by atoms with van der Waals surface area (Å²) < 4.78 is 32.7. The van der Waals surface area contributed by atoms with Gasteiger partial charge in [-0.2, -0.15) is 0 Å². The number of hydrogen-bond acceptors (Lipinski definition) is 8. The molecule has 0 aliphatic heterocycles. The Hall–Kier alpha value is -3.59. The highest BCUT2D eigenvalue weighted by molar-refractivity contribution is 7.47. The first-order chi connectivity index (χ1) is 28.8. The SMILES string of the molecule is CC/C=C\C/C=C\C/C=C\C/C=C\C/C=C\C/C=C\CCC(=O)OC[C@H](COP(=O)(O)OCCN)OC(=O)CCCCC/C=C\C/C=C\C/C=C\C/C=C\CCCCC. The third-order valence-electron chi connectivity index (χ3n) is 8.35. The van der Waals surface area contributed by atoms with Crippen LogP contribution < -0.4 is 5.73 Å². The molecule has 10 heteroatoms. The fraction of sp³-hybridized carbons (Fsp3) is 0.551. The van der Waals surface area contributed by atoms with Crippen molar-refractivity contribution in [1.82, 2.24) is 0 Å². The topological polar surface area (TPSA) is 134 Å². The molecule has 0 aliphatic rings. The van der Waals surface area contributed by atoms with E-state index in [1.807, 2.05) is 12.2 Å². The van der Waals surface area contributed by atoms with Gasteiger partial charge in [0, 0.05) is 19.4 Å². The molecule has 0 amide bonds. The Morgan fingerprint density at radius 2 is 0.966 bits per heavy atom. The number of phosphoric ester groups is 1. The molecule has 0 heterocycles. The van der Waals surface area contributed by atoms with Crippen LogP contribution in [0.15, 0.2) is 122 Å². The number of nitrogens with two attached hydrogens (primary N) is 1. The first-order valence-electron chi connectivity index (χ1n) is 22.0. The van der Waals surface area contributed by atoms with Gasteiger partial charge in [-0.15, -0.1) is 0 Å². The standard InChI is InChI=1S/C49H78NO8P/c1-3-5-7-9-11-13-15-17-19-21-23-25-27-29-31-33-35-37-39-41-48(51)55-45-47(46-57-59(53,54)56-44-43-50)58-49(52)42-40-38-36-34-32-30-28-26-24-22-20-18-16-14-12-10-8-6-4-2/h5,7,11-14,17-20,23-26,29-32,35,37,47H,3-4,6,8-10,15-16,21-22,27-28,33-34,36,38-46,50H2,1-2H3,(H,53,54)/b7-5-,13-11-,14-12-,19-17-,20-18-,25-23-,26-24-,31-29-,32-30-,37-35-/t47-/m1/s1.